The molecule has 0 spiro atoms. The zero-order chi connectivity index (χ0) is 16.2. The molecule has 1 heterocycles. The van der Waals surface area contributed by atoms with E-state index in [-0.39, 0.29) is 18.9 Å². The molecule has 21 heavy (non-hydrogen) atoms. The predicted octanol–water partition coefficient (Wildman–Crippen LogP) is 1.88. The average Bonchev–Trinajstić information content (AvgIpc) is 2.76. The van der Waals surface area contributed by atoms with Crippen LogP contribution in [0.4, 0.5) is 0 Å². The van der Waals surface area contributed by atoms with Gasteiger partial charge in [-0.2, -0.15) is 0 Å². The molecule has 116 valence electrons. The number of carboxylic acids is 2. The summed E-state index contributed by atoms with van der Waals surface area (Å²) in [6.07, 6.45) is 1.23. The lowest BCUT2D eigenvalue weighted by Crippen LogP contribution is -2.41. The number of aromatic nitrogens is 1. The van der Waals surface area contributed by atoms with Crippen LogP contribution in [0.25, 0.3) is 0 Å². The summed E-state index contributed by atoms with van der Waals surface area (Å²) in [5.41, 5.74) is 0.318. The van der Waals surface area contributed by atoms with Crippen molar-refractivity contribution in [1.29, 1.82) is 0 Å². The molecule has 0 saturated carbocycles. The largest absolute Gasteiger partial charge is 0.481 e. The van der Waals surface area contributed by atoms with E-state index in [0.29, 0.717) is 10.2 Å². The lowest BCUT2D eigenvalue weighted by molar-refractivity contribution is -0.140. The van der Waals surface area contributed by atoms with E-state index in [2.05, 4.69) is 21.2 Å². The minimum absolute atomic E-state index is 0.0272. The van der Waals surface area contributed by atoms with Crippen LogP contribution in [0.5, 0.6) is 0 Å². The van der Waals surface area contributed by atoms with Gasteiger partial charge in [0.1, 0.15) is 11.7 Å². The van der Waals surface area contributed by atoms with Gasteiger partial charge in [0, 0.05) is 23.1 Å². The number of nitrogens with one attached hydrogen (secondary N) is 1. The van der Waals surface area contributed by atoms with Gasteiger partial charge in [0.25, 0.3) is 5.91 Å². The van der Waals surface area contributed by atoms with Gasteiger partial charge in [-0.25, -0.2) is 4.79 Å². The summed E-state index contributed by atoms with van der Waals surface area (Å²) in [5, 5.41) is 20.0. The first-order valence-electron chi connectivity index (χ1n) is 6.35. The normalized spacial score (nSPS) is 12.2. The molecule has 1 rings (SSSR count). The summed E-state index contributed by atoms with van der Waals surface area (Å²) >= 11 is 3.27. The lowest BCUT2D eigenvalue weighted by Gasteiger charge is -2.16. The first kappa shape index (κ1) is 17.2. The maximum absolute atomic E-state index is 12.2. The van der Waals surface area contributed by atoms with Crippen molar-refractivity contribution in [2.45, 2.75) is 38.8 Å². The Morgan fingerprint density at radius 1 is 1.33 bits per heavy atom. The van der Waals surface area contributed by atoms with Crippen LogP contribution < -0.4 is 5.32 Å². The number of carboxylic acid groups (broad SMARTS) is 2. The molecular formula is C13H17BrN2O5. The SMILES string of the molecule is CC(C)n1cc(Br)cc1C(=O)N[C@@H](CCC(=O)O)C(=O)O. The first-order valence-corrected chi connectivity index (χ1v) is 7.14. The molecule has 1 amide bonds. The zero-order valence-electron chi connectivity index (χ0n) is 11.7. The van der Waals surface area contributed by atoms with Gasteiger partial charge < -0.3 is 20.1 Å². The highest BCUT2D eigenvalue weighted by atomic mass is 79.9. The number of carbonyl (C=O) groups excluding carboxylic acids is 1. The summed E-state index contributed by atoms with van der Waals surface area (Å²) < 4.78 is 2.41. The molecule has 0 aliphatic carbocycles. The molecule has 0 fully saturated rings. The molecule has 0 aromatic carbocycles. The van der Waals surface area contributed by atoms with Crippen LogP contribution >= 0.6 is 15.9 Å². The Bertz CT molecular complexity index is 553. The van der Waals surface area contributed by atoms with Crippen molar-refractivity contribution in [2.75, 3.05) is 0 Å². The second-order valence-corrected chi connectivity index (χ2v) is 5.76. The highest BCUT2D eigenvalue weighted by Gasteiger charge is 2.23. The van der Waals surface area contributed by atoms with Crippen LogP contribution in [-0.2, 0) is 9.59 Å². The molecule has 1 atom stereocenters. The minimum atomic E-state index is -1.26. The summed E-state index contributed by atoms with van der Waals surface area (Å²) in [6.45, 7) is 3.78. The Hall–Kier alpha value is -1.83. The number of aliphatic carboxylic acids is 2. The third-order valence-electron chi connectivity index (χ3n) is 2.85. The topological polar surface area (TPSA) is 109 Å². The highest BCUT2D eigenvalue weighted by molar-refractivity contribution is 9.10. The third-order valence-corrected chi connectivity index (χ3v) is 3.29. The van der Waals surface area contributed by atoms with E-state index in [1.807, 2.05) is 13.8 Å². The summed E-state index contributed by atoms with van der Waals surface area (Å²) in [6, 6.07) is 0.382. The average molecular weight is 361 g/mol. The van der Waals surface area contributed by atoms with Crippen LogP contribution in [0.15, 0.2) is 16.7 Å². The van der Waals surface area contributed by atoms with Crippen molar-refractivity contribution in [3.05, 3.63) is 22.4 Å². The molecule has 0 radical (unpaired) electrons. The van der Waals surface area contributed by atoms with Crippen LogP contribution in [0.3, 0.4) is 0 Å². The predicted molar refractivity (Wildman–Crippen MR) is 78.3 cm³/mol. The molecule has 0 aliphatic rings. The number of hydrogen-bond donors (Lipinski definition) is 3. The summed E-state index contributed by atoms with van der Waals surface area (Å²) in [5.74, 6) is -2.91. The summed E-state index contributed by atoms with van der Waals surface area (Å²) in [7, 11) is 0. The molecule has 0 unspecified atom stereocenters. The van der Waals surface area contributed by atoms with Gasteiger partial charge in [0.15, 0.2) is 0 Å². The fourth-order valence-corrected chi connectivity index (χ4v) is 2.25. The van der Waals surface area contributed by atoms with Crippen molar-refractivity contribution in [1.82, 2.24) is 9.88 Å². The minimum Gasteiger partial charge on any atom is -0.481 e. The molecule has 3 N–H and O–H groups in total. The Balaban J connectivity index is 2.87. The van der Waals surface area contributed by atoms with Gasteiger partial charge >= 0.3 is 11.9 Å². The van der Waals surface area contributed by atoms with E-state index < -0.39 is 23.9 Å². The highest BCUT2D eigenvalue weighted by Crippen LogP contribution is 2.19. The molecule has 0 aliphatic heterocycles. The third kappa shape index (κ3) is 4.89. The second kappa shape index (κ2) is 7.26. The Kier molecular flexibility index (Phi) is 5.95. The van der Waals surface area contributed by atoms with Crippen molar-refractivity contribution in [3.8, 4) is 0 Å². The van der Waals surface area contributed by atoms with Crippen LogP contribution in [0.1, 0.15) is 43.2 Å². The molecule has 0 saturated heterocycles. The van der Waals surface area contributed by atoms with Gasteiger partial charge in [-0.3, -0.25) is 9.59 Å². The van der Waals surface area contributed by atoms with Crippen LogP contribution in [0, 0.1) is 0 Å². The van der Waals surface area contributed by atoms with Gasteiger partial charge in [0.2, 0.25) is 0 Å². The van der Waals surface area contributed by atoms with E-state index in [1.54, 1.807) is 16.8 Å². The Morgan fingerprint density at radius 2 is 1.95 bits per heavy atom. The quantitative estimate of drug-likeness (QED) is 0.687. The fraction of sp³-hybridized carbons (Fsp3) is 0.462. The molecule has 8 heteroatoms. The van der Waals surface area contributed by atoms with E-state index in [0.717, 1.165) is 0 Å². The number of amides is 1. The number of hydrogen-bond acceptors (Lipinski definition) is 3. The van der Waals surface area contributed by atoms with Crippen LogP contribution in [-0.4, -0.2) is 38.7 Å². The number of rotatable bonds is 7. The summed E-state index contributed by atoms with van der Waals surface area (Å²) in [4.78, 5) is 33.8. The maximum Gasteiger partial charge on any atom is 0.326 e. The van der Waals surface area contributed by atoms with Crippen molar-refractivity contribution in [2.24, 2.45) is 0 Å². The van der Waals surface area contributed by atoms with E-state index in [9.17, 15) is 14.4 Å². The van der Waals surface area contributed by atoms with E-state index >= 15 is 0 Å². The van der Waals surface area contributed by atoms with E-state index in [1.165, 1.54) is 0 Å². The van der Waals surface area contributed by atoms with Crippen LogP contribution in [0.2, 0.25) is 0 Å². The van der Waals surface area contributed by atoms with Crippen molar-refractivity contribution in [3.63, 3.8) is 0 Å². The second-order valence-electron chi connectivity index (χ2n) is 4.84. The first-order chi connectivity index (χ1) is 9.72. The van der Waals surface area contributed by atoms with Crippen molar-refractivity contribution >= 4 is 33.8 Å². The molecular weight excluding hydrogens is 344 g/mol. The zero-order valence-corrected chi connectivity index (χ0v) is 13.3. The number of carbonyl (C=O) groups is 3. The molecule has 0 bridgehead atoms. The van der Waals surface area contributed by atoms with Gasteiger partial charge in [0.05, 0.1) is 0 Å². The standard InChI is InChI=1S/C13H17BrN2O5/c1-7(2)16-6-8(14)5-10(16)12(19)15-9(13(20)21)3-4-11(17)18/h5-7,9H,3-4H2,1-2H3,(H,15,19)(H,17,18)(H,20,21)/t9-/m0/s1. The number of halogens is 1. The molecule has 1 aromatic heterocycles. The molecule has 7 nitrogen and oxygen atoms in total. The van der Waals surface area contributed by atoms with E-state index in [4.69, 9.17) is 10.2 Å². The Labute approximate surface area is 130 Å². The van der Waals surface area contributed by atoms with Crippen molar-refractivity contribution < 1.29 is 24.6 Å². The monoisotopic (exact) mass is 360 g/mol. The fourth-order valence-electron chi connectivity index (χ4n) is 1.81. The van der Waals surface area contributed by atoms with Gasteiger partial charge in [-0.05, 0) is 42.3 Å². The number of nitrogens with zero attached hydrogens (tertiary/aromatic N) is 1. The molecule has 1 aromatic rings. The van der Waals surface area contributed by atoms with Gasteiger partial charge in [-0.1, -0.05) is 0 Å². The smallest absolute Gasteiger partial charge is 0.326 e. The maximum atomic E-state index is 12.2. The Morgan fingerprint density at radius 3 is 2.43 bits per heavy atom. The van der Waals surface area contributed by atoms with Gasteiger partial charge in [-0.15, -0.1) is 0 Å². The lowest BCUT2D eigenvalue weighted by atomic mass is 10.1.